The van der Waals surface area contributed by atoms with Gasteiger partial charge in [-0.2, -0.15) is 0 Å². The maximum Gasteiger partial charge on any atom is 0.251 e. The number of benzene rings is 1. The molecule has 14 heteroatoms. The first-order valence-electron chi connectivity index (χ1n) is 12.3. The molecule has 0 radical (unpaired) electrons. The predicted molar refractivity (Wildman–Crippen MR) is 139 cm³/mol. The minimum Gasteiger partial charge on any atom is -0.489 e. The SMILES string of the molecule is COc1nc(CC(F)F)ccc1-c1ccc2cnc(CNC(=O)c3cc(F)c4c(c3)S(=O)(=O)[C@@H](F)CCO4)cc2n1. The Bertz CT molecular complexity index is 1750. The molecule has 0 fully saturated rings. The van der Waals surface area contributed by atoms with E-state index in [0.717, 1.165) is 12.1 Å². The molecular formula is C27H22F4N4O5S. The minimum absolute atomic E-state index is 0.123. The van der Waals surface area contributed by atoms with Gasteiger partial charge in [-0.1, -0.05) is 0 Å². The Labute approximate surface area is 231 Å². The maximum absolute atomic E-state index is 14.6. The topological polar surface area (TPSA) is 120 Å². The molecule has 0 bridgehead atoms. The van der Waals surface area contributed by atoms with Gasteiger partial charge >= 0.3 is 0 Å². The van der Waals surface area contributed by atoms with Gasteiger partial charge in [0.05, 0.1) is 54.8 Å². The van der Waals surface area contributed by atoms with E-state index in [4.69, 9.17) is 9.47 Å². The number of rotatable bonds is 7. The van der Waals surface area contributed by atoms with E-state index in [1.54, 1.807) is 24.3 Å². The molecule has 0 unspecified atom stereocenters. The maximum atomic E-state index is 14.6. The highest BCUT2D eigenvalue weighted by Crippen LogP contribution is 2.35. The largest absolute Gasteiger partial charge is 0.489 e. The number of hydrogen-bond acceptors (Lipinski definition) is 8. The highest BCUT2D eigenvalue weighted by atomic mass is 32.2. The van der Waals surface area contributed by atoms with Crippen molar-refractivity contribution < 1.29 is 40.2 Å². The van der Waals surface area contributed by atoms with E-state index in [2.05, 4.69) is 20.3 Å². The van der Waals surface area contributed by atoms with Gasteiger partial charge in [0.15, 0.2) is 11.6 Å². The van der Waals surface area contributed by atoms with Crippen LogP contribution >= 0.6 is 0 Å². The Kier molecular flexibility index (Phi) is 7.76. The molecule has 1 aromatic carbocycles. The standard InChI is InChI=1S/C27H22F4N4O5S/c1-39-27-18(4-3-16(34-27)11-23(29)30)20-5-2-14-12-32-17(10-21(14)35-20)13-33-26(36)15-8-19(28)25-22(9-15)41(37,38)24(31)6-7-40-25/h2-5,8-10,12,23-24H,6-7,11,13H2,1H3,(H,33,36)/t24-/m1/s1. The second kappa shape index (κ2) is 11.3. The van der Waals surface area contributed by atoms with Crippen LogP contribution in [0, 0.1) is 5.82 Å². The van der Waals surface area contributed by atoms with Crippen LogP contribution in [0.3, 0.4) is 0 Å². The summed E-state index contributed by atoms with van der Waals surface area (Å²) in [6.07, 6.45) is -2.00. The molecule has 3 aromatic heterocycles. The number of nitrogens with zero attached hydrogens (tertiary/aromatic N) is 3. The Morgan fingerprint density at radius 2 is 1.95 bits per heavy atom. The molecule has 214 valence electrons. The fourth-order valence-corrected chi connectivity index (χ4v) is 5.66. The van der Waals surface area contributed by atoms with Gasteiger partial charge in [0.25, 0.3) is 5.91 Å². The third kappa shape index (κ3) is 5.78. The zero-order chi connectivity index (χ0) is 29.3. The first-order valence-corrected chi connectivity index (χ1v) is 13.8. The van der Waals surface area contributed by atoms with Crippen molar-refractivity contribution in [1.82, 2.24) is 20.3 Å². The van der Waals surface area contributed by atoms with Gasteiger partial charge < -0.3 is 14.8 Å². The van der Waals surface area contributed by atoms with Gasteiger partial charge in [-0.15, -0.1) is 0 Å². The lowest BCUT2D eigenvalue weighted by molar-refractivity contribution is 0.0949. The number of amides is 1. The van der Waals surface area contributed by atoms with Crippen molar-refractivity contribution in [2.24, 2.45) is 0 Å². The van der Waals surface area contributed by atoms with Crippen LogP contribution in [0.25, 0.3) is 22.2 Å². The molecular weight excluding hydrogens is 568 g/mol. The molecule has 1 amide bonds. The molecule has 4 heterocycles. The molecule has 0 saturated carbocycles. The molecule has 41 heavy (non-hydrogen) atoms. The molecule has 1 aliphatic heterocycles. The van der Waals surface area contributed by atoms with Crippen molar-refractivity contribution in [3.8, 4) is 22.9 Å². The zero-order valence-electron chi connectivity index (χ0n) is 21.4. The fraction of sp³-hybridized carbons (Fsp3) is 0.259. The summed E-state index contributed by atoms with van der Waals surface area (Å²) in [7, 11) is -3.17. The smallest absolute Gasteiger partial charge is 0.251 e. The van der Waals surface area contributed by atoms with Crippen LogP contribution in [0.4, 0.5) is 17.6 Å². The van der Waals surface area contributed by atoms with E-state index in [9.17, 15) is 30.8 Å². The Morgan fingerprint density at radius 1 is 1.15 bits per heavy atom. The van der Waals surface area contributed by atoms with Crippen molar-refractivity contribution in [3.63, 3.8) is 0 Å². The molecule has 1 aliphatic rings. The van der Waals surface area contributed by atoms with E-state index >= 15 is 0 Å². The summed E-state index contributed by atoms with van der Waals surface area (Å²) in [5.74, 6) is -2.39. The van der Waals surface area contributed by atoms with Gasteiger partial charge in [0.2, 0.25) is 27.6 Å². The monoisotopic (exact) mass is 590 g/mol. The number of fused-ring (bicyclic) bond motifs is 2. The van der Waals surface area contributed by atoms with Gasteiger partial charge in [0.1, 0.15) is 4.90 Å². The summed E-state index contributed by atoms with van der Waals surface area (Å²) < 4.78 is 89.6. The summed E-state index contributed by atoms with van der Waals surface area (Å²) in [5, 5.41) is 3.21. The summed E-state index contributed by atoms with van der Waals surface area (Å²) in [6.45, 7) is -0.450. The molecule has 1 N–H and O–H groups in total. The van der Waals surface area contributed by atoms with E-state index in [-0.39, 0.29) is 30.3 Å². The number of carbonyl (C=O) groups is 1. The molecule has 1 atom stereocenters. The summed E-state index contributed by atoms with van der Waals surface area (Å²) in [6, 6.07) is 9.82. The van der Waals surface area contributed by atoms with Gasteiger partial charge in [-0.05, 0) is 42.5 Å². The van der Waals surface area contributed by atoms with Crippen LogP contribution in [0.15, 0.2) is 53.6 Å². The summed E-state index contributed by atoms with van der Waals surface area (Å²) in [4.78, 5) is 25.1. The zero-order valence-corrected chi connectivity index (χ0v) is 22.2. The Balaban J connectivity index is 1.38. The second-order valence-corrected chi connectivity index (χ2v) is 11.1. The quantitative estimate of drug-likeness (QED) is 0.314. The highest BCUT2D eigenvalue weighted by molar-refractivity contribution is 7.92. The molecule has 0 saturated heterocycles. The van der Waals surface area contributed by atoms with Crippen molar-refractivity contribution in [2.75, 3.05) is 13.7 Å². The van der Waals surface area contributed by atoms with E-state index in [0.29, 0.717) is 27.9 Å². The third-order valence-corrected chi connectivity index (χ3v) is 8.14. The lowest BCUT2D eigenvalue weighted by Gasteiger charge is -2.12. The Hall–Kier alpha value is -4.33. The average Bonchev–Trinajstić information content (AvgIpc) is 3.06. The van der Waals surface area contributed by atoms with E-state index in [1.807, 2.05) is 0 Å². The highest BCUT2D eigenvalue weighted by Gasteiger charge is 2.35. The third-order valence-electron chi connectivity index (χ3n) is 6.32. The van der Waals surface area contributed by atoms with Crippen LogP contribution in [-0.2, 0) is 22.8 Å². The predicted octanol–water partition coefficient (Wildman–Crippen LogP) is 4.43. The first-order chi connectivity index (χ1) is 19.6. The summed E-state index contributed by atoms with van der Waals surface area (Å²) >= 11 is 0. The molecule has 5 rings (SSSR count). The van der Waals surface area contributed by atoms with Crippen LogP contribution < -0.4 is 14.8 Å². The number of sulfone groups is 1. The average molecular weight is 591 g/mol. The van der Waals surface area contributed by atoms with Crippen LogP contribution in [-0.4, -0.2) is 54.9 Å². The van der Waals surface area contributed by atoms with E-state index < -0.39 is 57.0 Å². The first kappa shape index (κ1) is 28.2. The lowest BCUT2D eigenvalue weighted by atomic mass is 10.1. The van der Waals surface area contributed by atoms with E-state index in [1.165, 1.54) is 19.4 Å². The minimum atomic E-state index is -4.55. The van der Waals surface area contributed by atoms with Crippen molar-refractivity contribution in [1.29, 1.82) is 0 Å². The van der Waals surface area contributed by atoms with Crippen molar-refractivity contribution >= 4 is 26.6 Å². The van der Waals surface area contributed by atoms with Crippen molar-refractivity contribution in [3.05, 3.63) is 71.4 Å². The van der Waals surface area contributed by atoms with Gasteiger partial charge in [-0.25, -0.2) is 35.9 Å². The molecule has 0 spiro atoms. The molecule has 4 aromatic rings. The van der Waals surface area contributed by atoms with Crippen molar-refractivity contribution in [2.45, 2.75) is 36.2 Å². The second-order valence-electron chi connectivity index (χ2n) is 9.08. The number of ether oxygens (including phenoxy) is 2. The lowest BCUT2D eigenvalue weighted by Crippen LogP contribution is -2.24. The summed E-state index contributed by atoms with van der Waals surface area (Å²) in [5.41, 5.74) is -0.629. The Morgan fingerprint density at radius 3 is 2.71 bits per heavy atom. The number of hydrogen-bond donors (Lipinski definition) is 1. The number of alkyl halides is 3. The normalized spacial score (nSPS) is 16.1. The van der Waals surface area contributed by atoms with Crippen LogP contribution in [0.2, 0.25) is 0 Å². The van der Waals surface area contributed by atoms with Crippen LogP contribution in [0.5, 0.6) is 11.6 Å². The number of halogens is 4. The number of aromatic nitrogens is 3. The number of nitrogens with one attached hydrogen (secondary N) is 1. The van der Waals surface area contributed by atoms with Crippen LogP contribution in [0.1, 0.15) is 28.2 Å². The molecule has 9 nitrogen and oxygen atoms in total. The number of pyridine rings is 3. The molecule has 0 aliphatic carbocycles. The fourth-order valence-electron chi connectivity index (χ4n) is 4.28. The number of carbonyl (C=O) groups excluding carboxylic acids is 1. The van der Waals surface area contributed by atoms with Gasteiger partial charge in [-0.3, -0.25) is 9.78 Å². The van der Waals surface area contributed by atoms with Gasteiger partial charge in [0, 0.05) is 23.6 Å². The number of methoxy groups -OCH3 is 1.